The topological polar surface area (TPSA) is 75.6 Å². The van der Waals surface area contributed by atoms with E-state index >= 15 is 0 Å². The van der Waals surface area contributed by atoms with Gasteiger partial charge in [-0.1, -0.05) is 11.8 Å². The molecule has 0 radical (unpaired) electrons. The Kier molecular flexibility index (Phi) is 6.61. The highest BCUT2D eigenvalue weighted by Crippen LogP contribution is 2.15. The zero-order chi connectivity index (χ0) is 15.0. The van der Waals surface area contributed by atoms with Crippen LogP contribution in [0.2, 0.25) is 0 Å². The molecule has 0 unspecified atom stereocenters. The lowest BCUT2D eigenvalue weighted by molar-refractivity contribution is 0.204. The highest BCUT2D eigenvalue weighted by atomic mass is 32.2. The average molecular weight is 301 g/mol. The van der Waals surface area contributed by atoms with Gasteiger partial charge in [0.25, 0.3) is 0 Å². The lowest BCUT2D eigenvalue weighted by Crippen LogP contribution is -2.27. The quantitative estimate of drug-likeness (QED) is 0.592. The second-order valence-electron chi connectivity index (χ2n) is 3.81. The molecule has 0 saturated carbocycles. The smallest absolute Gasteiger partial charge is 0.243 e. The molecule has 7 heteroatoms. The number of aliphatic hydroxyl groups excluding tert-OH is 1. The van der Waals surface area contributed by atoms with Crippen molar-refractivity contribution >= 4 is 10.0 Å². The molecule has 0 aromatic heterocycles. The first kappa shape index (κ1) is 16.6. The van der Waals surface area contributed by atoms with E-state index in [2.05, 4.69) is 16.6 Å². The van der Waals surface area contributed by atoms with Gasteiger partial charge < -0.3 is 9.84 Å². The summed E-state index contributed by atoms with van der Waals surface area (Å²) in [7, 11) is -2.46. The van der Waals surface area contributed by atoms with E-state index in [0.29, 0.717) is 5.56 Å². The summed E-state index contributed by atoms with van der Waals surface area (Å²) in [5.41, 5.74) is 0.354. The summed E-state index contributed by atoms with van der Waals surface area (Å²) in [5.74, 6) is 4.39. The van der Waals surface area contributed by atoms with Gasteiger partial charge in [-0.3, -0.25) is 0 Å². The zero-order valence-electron chi connectivity index (χ0n) is 11.0. The molecule has 0 spiro atoms. The Morgan fingerprint density at radius 1 is 1.45 bits per heavy atom. The number of halogens is 1. The third-order valence-electron chi connectivity index (χ3n) is 2.29. The number of benzene rings is 1. The summed E-state index contributed by atoms with van der Waals surface area (Å²) in [6.45, 7) is 0.188. The van der Waals surface area contributed by atoms with Crippen molar-refractivity contribution < 1.29 is 22.7 Å². The van der Waals surface area contributed by atoms with Crippen molar-refractivity contribution in [3.63, 3.8) is 0 Å². The van der Waals surface area contributed by atoms with Crippen LogP contribution in [0.4, 0.5) is 4.39 Å². The summed E-state index contributed by atoms with van der Waals surface area (Å²) < 4.78 is 44.4. The van der Waals surface area contributed by atoms with Gasteiger partial charge in [-0.05, 0) is 18.2 Å². The van der Waals surface area contributed by atoms with Crippen LogP contribution < -0.4 is 4.72 Å². The predicted octanol–water partition coefficient (Wildman–Crippen LogP) is 0.484. The minimum Gasteiger partial charge on any atom is -0.395 e. The second kappa shape index (κ2) is 7.97. The van der Waals surface area contributed by atoms with Crippen molar-refractivity contribution in [1.29, 1.82) is 0 Å². The maximum atomic E-state index is 13.8. The highest BCUT2D eigenvalue weighted by molar-refractivity contribution is 7.89. The van der Waals surface area contributed by atoms with Gasteiger partial charge in [0.1, 0.15) is 10.7 Å². The van der Waals surface area contributed by atoms with Crippen LogP contribution in [0, 0.1) is 17.7 Å². The Labute approximate surface area is 117 Å². The Morgan fingerprint density at radius 2 is 2.20 bits per heavy atom. The van der Waals surface area contributed by atoms with E-state index in [1.165, 1.54) is 13.2 Å². The van der Waals surface area contributed by atoms with E-state index in [1.54, 1.807) is 0 Å². The molecule has 20 heavy (non-hydrogen) atoms. The fourth-order valence-corrected chi connectivity index (χ4v) is 2.44. The molecular weight excluding hydrogens is 285 g/mol. The fraction of sp³-hybridized carbons (Fsp3) is 0.385. The Hall–Kier alpha value is -1.46. The molecule has 5 nitrogen and oxygen atoms in total. The van der Waals surface area contributed by atoms with Crippen LogP contribution in [0.1, 0.15) is 12.0 Å². The van der Waals surface area contributed by atoms with Gasteiger partial charge in [-0.15, -0.1) is 0 Å². The average Bonchev–Trinajstić information content (AvgIpc) is 2.39. The van der Waals surface area contributed by atoms with Crippen LogP contribution >= 0.6 is 0 Å². The normalized spacial score (nSPS) is 10.9. The van der Waals surface area contributed by atoms with Crippen molar-refractivity contribution in [3.8, 4) is 11.8 Å². The second-order valence-corrected chi connectivity index (χ2v) is 5.55. The van der Waals surface area contributed by atoms with E-state index in [4.69, 9.17) is 9.84 Å². The minimum absolute atomic E-state index is 0.0658. The number of sulfonamides is 1. The van der Waals surface area contributed by atoms with Crippen molar-refractivity contribution in [1.82, 2.24) is 4.72 Å². The highest BCUT2D eigenvalue weighted by Gasteiger charge is 2.18. The molecule has 0 atom stereocenters. The van der Waals surface area contributed by atoms with E-state index in [9.17, 15) is 12.8 Å². The largest absolute Gasteiger partial charge is 0.395 e. The van der Waals surface area contributed by atoms with Crippen molar-refractivity contribution in [2.75, 3.05) is 26.9 Å². The zero-order valence-corrected chi connectivity index (χ0v) is 11.8. The molecule has 2 N–H and O–H groups in total. The number of aliphatic hydroxyl groups is 1. The maximum Gasteiger partial charge on any atom is 0.243 e. The lowest BCUT2D eigenvalue weighted by Gasteiger charge is -2.07. The van der Waals surface area contributed by atoms with Gasteiger partial charge in [0.15, 0.2) is 0 Å². The molecule has 0 aliphatic heterocycles. The molecule has 0 aliphatic carbocycles. The van der Waals surface area contributed by atoms with Crippen molar-refractivity contribution in [2.24, 2.45) is 0 Å². The van der Waals surface area contributed by atoms with Gasteiger partial charge in [0.2, 0.25) is 10.0 Å². The van der Waals surface area contributed by atoms with Gasteiger partial charge in [0.05, 0.1) is 13.2 Å². The molecule has 1 aromatic carbocycles. The van der Waals surface area contributed by atoms with E-state index < -0.39 is 20.7 Å². The molecule has 0 saturated heterocycles. The first-order chi connectivity index (χ1) is 9.51. The number of methoxy groups -OCH3 is 1. The first-order valence-electron chi connectivity index (χ1n) is 5.89. The molecule has 110 valence electrons. The van der Waals surface area contributed by atoms with Gasteiger partial charge in [-0.25, -0.2) is 17.5 Å². The number of rotatable bonds is 6. The third kappa shape index (κ3) is 4.90. The van der Waals surface area contributed by atoms with Crippen LogP contribution in [-0.4, -0.2) is 40.4 Å². The van der Waals surface area contributed by atoms with Crippen LogP contribution in [0.25, 0.3) is 0 Å². The summed E-state index contributed by atoms with van der Waals surface area (Å²) in [6, 6.07) is 3.63. The van der Waals surface area contributed by atoms with Crippen molar-refractivity contribution in [3.05, 3.63) is 29.6 Å². The predicted molar refractivity (Wildman–Crippen MR) is 72.0 cm³/mol. The monoisotopic (exact) mass is 301 g/mol. The molecule has 0 fully saturated rings. The lowest BCUT2D eigenvalue weighted by atomic mass is 10.2. The number of hydrogen-bond acceptors (Lipinski definition) is 4. The molecular formula is C13H16FNO4S. The van der Waals surface area contributed by atoms with Crippen LogP contribution in [-0.2, 0) is 14.8 Å². The summed E-state index contributed by atoms with van der Waals surface area (Å²) in [6.07, 6.45) is 0.278. The molecule has 0 amide bonds. The molecule has 1 rings (SSSR count). The number of nitrogens with one attached hydrogen (secondary N) is 1. The van der Waals surface area contributed by atoms with Gasteiger partial charge in [0, 0.05) is 25.6 Å². The standard InChI is InChI=1S/C13H16FNO4S/c1-19-9-7-15-20(17,18)13-6-5-11(10-12(13)14)4-2-3-8-16/h5-6,10,15-16H,3,7-9H2,1H3. The molecule has 0 aliphatic rings. The van der Waals surface area contributed by atoms with Crippen LogP contribution in [0.5, 0.6) is 0 Å². The SMILES string of the molecule is COCCNS(=O)(=O)c1ccc(C#CCCO)cc1F. The number of hydrogen-bond donors (Lipinski definition) is 2. The molecule has 1 aromatic rings. The number of ether oxygens (including phenoxy) is 1. The van der Waals surface area contributed by atoms with Crippen molar-refractivity contribution in [2.45, 2.75) is 11.3 Å². The first-order valence-corrected chi connectivity index (χ1v) is 7.37. The van der Waals surface area contributed by atoms with E-state index in [1.807, 2.05) is 0 Å². The Morgan fingerprint density at radius 3 is 2.80 bits per heavy atom. The third-order valence-corrected chi connectivity index (χ3v) is 3.78. The van der Waals surface area contributed by atoms with Gasteiger partial charge in [-0.2, -0.15) is 0 Å². The maximum absolute atomic E-state index is 13.8. The van der Waals surface area contributed by atoms with Crippen LogP contribution in [0.15, 0.2) is 23.1 Å². The molecule has 0 bridgehead atoms. The Balaban J connectivity index is 2.90. The molecule has 0 heterocycles. The van der Waals surface area contributed by atoms with Gasteiger partial charge >= 0.3 is 0 Å². The minimum atomic E-state index is -3.90. The van der Waals surface area contributed by atoms with E-state index in [0.717, 1.165) is 12.1 Å². The fourth-order valence-electron chi connectivity index (χ4n) is 1.37. The summed E-state index contributed by atoms with van der Waals surface area (Å²) in [5, 5.41) is 8.58. The summed E-state index contributed by atoms with van der Waals surface area (Å²) in [4.78, 5) is -0.429. The summed E-state index contributed by atoms with van der Waals surface area (Å²) >= 11 is 0. The Bertz CT molecular complexity index is 605. The van der Waals surface area contributed by atoms with E-state index in [-0.39, 0.29) is 26.2 Å². The van der Waals surface area contributed by atoms with Crippen LogP contribution in [0.3, 0.4) is 0 Å².